The third-order valence-electron chi connectivity index (χ3n) is 2.93. The number of amides is 2. The fourth-order valence-electron chi connectivity index (χ4n) is 1.88. The van der Waals surface area contributed by atoms with Crippen LogP contribution in [0.15, 0.2) is 54.6 Å². The molecule has 2 rings (SSSR count). The highest BCUT2D eigenvalue weighted by Gasteiger charge is 2.13. The first-order valence-corrected chi connectivity index (χ1v) is 6.41. The molecule has 0 radical (unpaired) electrons. The van der Waals surface area contributed by atoms with E-state index in [2.05, 4.69) is 5.32 Å². The molecule has 3 heteroatoms. The molecule has 19 heavy (non-hydrogen) atoms. The van der Waals surface area contributed by atoms with Crippen molar-refractivity contribution in [2.75, 3.05) is 16.8 Å². The van der Waals surface area contributed by atoms with Gasteiger partial charge in [-0.3, -0.25) is 4.90 Å². The Morgan fingerprint density at radius 2 is 1.68 bits per heavy atom. The van der Waals surface area contributed by atoms with Crippen LogP contribution in [0.25, 0.3) is 0 Å². The van der Waals surface area contributed by atoms with Crippen molar-refractivity contribution < 1.29 is 4.79 Å². The third-order valence-corrected chi connectivity index (χ3v) is 2.93. The van der Waals surface area contributed by atoms with Gasteiger partial charge >= 0.3 is 6.03 Å². The Labute approximate surface area is 113 Å². The van der Waals surface area contributed by atoms with Crippen molar-refractivity contribution in [2.45, 2.75) is 13.8 Å². The van der Waals surface area contributed by atoms with Gasteiger partial charge in [-0.25, -0.2) is 4.79 Å². The van der Waals surface area contributed by atoms with E-state index in [0.29, 0.717) is 6.54 Å². The molecule has 2 amide bonds. The summed E-state index contributed by atoms with van der Waals surface area (Å²) < 4.78 is 0. The Hall–Kier alpha value is -2.29. The van der Waals surface area contributed by atoms with Crippen molar-refractivity contribution in [3.05, 3.63) is 60.2 Å². The number of hydrogen-bond donors (Lipinski definition) is 1. The van der Waals surface area contributed by atoms with Crippen LogP contribution in [0.5, 0.6) is 0 Å². The number of rotatable bonds is 3. The van der Waals surface area contributed by atoms with Crippen LogP contribution in [0.2, 0.25) is 0 Å². The van der Waals surface area contributed by atoms with Crippen LogP contribution in [0, 0.1) is 6.92 Å². The molecule has 2 aromatic carbocycles. The second-order valence-corrected chi connectivity index (χ2v) is 4.38. The molecule has 0 heterocycles. The molecule has 2 aromatic rings. The molecule has 0 aromatic heterocycles. The lowest BCUT2D eigenvalue weighted by Crippen LogP contribution is -2.34. The zero-order valence-electron chi connectivity index (χ0n) is 11.3. The second-order valence-electron chi connectivity index (χ2n) is 4.38. The zero-order valence-corrected chi connectivity index (χ0v) is 11.3. The highest BCUT2D eigenvalue weighted by Crippen LogP contribution is 2.15. The number of carbonyl (C=O) groups excluding carboxylic acids is 1. The highest BCUT2D eigenvalue weighted by atomic mass is 16.2. The molecular formula is C16H18N2O. The van der Waals surface area contributed by atoms with E-state index in [4.69, 9.17) is 0 Å². The standard InChI is InChI=1S/C16H18N2O/c1-3-18(15-7-5-4-6-8-15)16(19)17-14-11-9-13(2)10-12-14/h4-12H,3H2,1-2H3,(H,17,19). The van der Waals surface area contributed by atoms with Gasteiger partial charge < -0.3 is 5.32 Å². The molecule has 0 aliphatic carbocycles. The first-order chi connectivity index (χ1) is 9.20. The number of hydrogen-bond acceptors (Lipinski definition) is 1. The van der Waals surface area contributed by atoms with E-state index in [1.807, 2.05) is 68.4 Å². The van der Waals surface area contributed by atoms with Gasteiger partial charge in [0.1, 0.15) is 0 Å². The second kappa shape index (κ2) is 6.05. The maximum Gasteiger partial charge on any atom is 0.326 e. The molecule has 0 unspecified atom stereocenters. The third kappa shape index (κ3) is 3.35. The van der Waals surface area contributed by atoms with E-state index in [1.54, 1.807) is 4.90 Å². The summed E-state index contributed by atoms with van der Waals surface area (Å²) in [6, 6.07) is 17.3. The van der Waals surface area contributed by atoms with Gasteiger partial charge in [-0.1, -0.05) is 35.9 Å². The fraction of sp³-hybridized carbons (Fsp3) is 0.188. The van der Waals surface area contributed by atoms with E-state index in [-0.39, 0.29) is 6.03 Å². The van der Waals surface area contributed by atoms with Crippen molar-refractivity contribution in [1.82, 2.24) is 0 Å². The maximum atomic E-state index is 12.2. The van der Waals surface area contributed by atoms with Crippen LogP contribution in [0.3, 0.4) is 0 Å². The minimum absolute atomic E-state index is 0.113. The summed E-state index contributed by atoms with van der Waals surface area (Å²) in [5.41, 5.74) is 2.88. The quantitative estimate of drug-likeness (QED) is 0.880. The fourth-order valence-corrected chi connectivity index (χ4v) is 1.88. The Balaban J connectivity index is 2.11. The van der Waals surface area contributed by atoms with Gasteiger partial charge in [-0.2, -0.15) is 0 Å². The molecule has 0 saturated carbocycles. The lowest BCUT2D eigenvalue weighted by Gasteiger charge is -2.21. The molecule has 0 atom stereocenters. The molecule has 0 aliphatic heterocycles. The van der Waals surface area contributed by atoms with Gasteiger partial charge in [0.15, 0.2) is 0 Å². The highest BCUT2D eigenvalue weighted by molar-refractivity contribution is 6.01. The Morgan fingerprint density at radius 1 is 1.05 bits per heavy atom. The molecule has 98 valence electrons. The number of nitrogens with zero attached hydrogens (tertiary/aromatic N) is 1. The van der Waals surface area contributed by atoms with Crippen molar-refractivity contribution in [2.24, 2.45) is 0 Å². The Morgan fingerprint density at radius 3 is 2.26 bits per heavy atom. The normalized spacial score (nSPS) is 10.0. The number of urea groups is 1. The van der Waals surface area contributed by atoms with E-state index in [1.165, 1.54) is 5.56 Å². The Kier molecular flexibility index (Phi) is 4.18. The molecule has 0 bridgehead atoms. The van der Waals surface area contributed by atoms with E-state index < -0.39 is 0 Å². The molecule has 0 saturated heterocycles. The number of aryl methyl sites for hydroxylation is 1. The molecule has 0 fully saturated rings. The van der Waals surface area contributed by atoms with Crippen molar-refractivity contribution in [3.8, 4) is 0 Å². The van der Waals surface area contributed by atoms with E-state index >= 15 is 0 Å². The zero-order chi connectivity index (χ0) is 13.7. The summed E-state index contributed by atoms with van der Waals surface area (Å²) in [4.78, 5) is 14.0. The summed E-state index contributed by atoms with van der Waals surface area (Å²) in [5, 5.41) is 2.91. The predicted octanol–water partition coefficient (Wildman–Crippen LogP) is 4.05. The predicted molar refractivity (Wildman–Crippen MR) is 79.7 cm³/mol. The van der Waals surface area contributed by atoms with E-state index in [0.717, 1.165) is 11.4 Å². The topological polar surface area (TPSA) is 32.3 Å². The summed E-state index contributed by atoms with van der Waals surface area (Å²) >= 11 is 0. The van der Waals surface area contributed by atoms with Gasteiger partial charge in [0.2, 0.25) is 0 Å². The van der Waals surface area contributed by atoms with Gasteiger partial charge in [-0.15, -0.1) is 0 Å². The Bertz CT molecular complexity index is 534. The average molecular weight is 254 g/mol. The number of para-hydroxylation sites is 1. The van der Waals surface area contributed by atoms with Gasteiger partial charge in [0.05, 0.1) is 0 Å². The summed E-state index contributed by atoms with van der Waals surface area (Å²) in [7, 11) is 0. The lowest BCUT2D eigenvalue weighted by molar-refractivity contribution is 0.257. The van der Waals surface area contributed by atoms with Crippen molar-refractivity contribution in [3.63, 3.8) is 0 Å². The van der Waals surface area contributed by atoms with Gasteiger partial charge in [-0.05, 0) is 38.1 Å². The van der Waals surface area contributed by atoms with Crippen molar-refractivity contribution >= 4 is 17.4 Å². The van der Waals surface area contributed by atoms with Crippen LogP contribution >= 0.6 is 0 Å². The van der Waals surface area contributed by atoms with Crippen LogP contribution in [0.1, 0.15) is 12.5 Å². The number of benzene rings is 2. The van der Waals surface area contributed by atoms with Crippen molar-refractivity contribution in [1.29, 1.82) is 0 Å². The van der Waals surface area contributed by atoms with E-state index in [9.17, 15) is 4.79 Å². The number of carbonyl (C=O) groups is 1. The number of nitrogens with one attached hydrogen (secondary N) is 1. The lowest BCUT2D eigenvalue weighted by atomic mass is 10.2. The minimum Gasteiger partial charge on any atom is -0.308 e. The summed E-state index contributed by atoms with van der Waals surface area (Å²) in [5.74, 6) is 0. The van der Waals surface area contributed by atoms with Crippen LogP contribution < -0.4 is 10.2 Å². The van der Waals surface area contributed by atoms with Crippen LogP contribution in [-0.4, -0.2) is 12.6 Å². The molecule has 0 aliphatic rings. The van der Waals surface area contributed by atoms with Crippen LogP contribution in [-0.2, 0) is 0 Å². The van der Waals surface area contributed by atoms with Crippen LogP contribution in [0.4, 0.5) is 16.2 Å². The molecular weight excluding hydrogens is 236 g/mol. The molecule has 0 spiro atoms. The van der Waals surface area contributed by atoms with Gasteiger partial charge in [0.25, 0.3) is 0 Å². The summed E-state index contributed by atoms with van der Waals surface area (Å²) in [6.45, 7) is 4.61. The number of anilines is 2. The molecule has 1 N–H and O–H groups in total. The largest absolute Gasteiger partial charge is 0.326 e. The van der Waals surface area contributed by atoms with Gasteiger partial charge in [0, 0.05) is 17.9 Å². The first kappa shape index (κ1) is 13.1. The monoisotopic (exact) mass is 254 g/mol. The average Bonchev–Trinajstić information content (AvgIpc) is 2.43. The SMILES string of the molecule is CCN(C(=O)Nc1ccc(C)cc1)c1ccccc1. The first-order valence-electron chi connectivity index (χ1n) is 6.41. The summed E-state index contributed by atoms with van der Waals surface area (Å²) in [6.07, 6.45) is 0. The maximum absolute atomic E-state index is 12.2. The smallest absolute Gasteiger partial charge is 0.308 e. The molecule has 3 nitrogen and oxygen atoms in total. The minimum atomic E-state index is -0.113.